The van der Waals surface area contributed by atoms with Crippen LogP contribution in [-0.4, -0.2) is 33.2 Å². The summed E-state index contributed by atoms with van der Waals surface area (Å²) in [5, 5.41) is 15.1. The van der Waals surface area contributed by atoms with Gasteiger partial charge in [0.25, 0.3) is 5.56 Å². The standard InChI is InChI=1S/C22H19N3O5/c1-28-16-4-2-3-14(9-16)17-11-18-22(27)24(7-8-25(18)23-17)12-19(26)15-5-6-20-21(10-15)30-13-29-20/h2-11,19,26H,12-13H2,1H3. The van der Waals surface area contributed by atoms with E-state index < -0.39 is 6.10 Å². The topological polar surface area (TPSA) is 87.2 Å². The Labute approximate surface area is 171 Å². The normalized spacial score (nSPS) is 13.5. The molecule has 2 aromatic heterocycles. The first-order valence-corrected chi connectivity index (χ1v) is 9.43. The van der Waals surface area contributed by atoms with Crippen molar-refractivity contribution < 1.29 is 19.3 Å². The number of hydrogen-bond acceptors (Lipinski definition) is 6. The zero-order valence-corrected chi connectivity index (χ0v) is 16.2. The lowest BCUT2D eigenvalue weighted by Gasteiger charge is -2.13. The number of aromatic nitrogens is 3. The number of benzene rings is 2. The maximum absolute atomic E-state index is 13.0. The number of rotatable bonds is 5. The van der Waals surface area contributed by atoms with Gasteiger partial charge in [0.2, 0.25) is 6.79 Å². The number of fused-ring (bicyclic) bond motifs is 2. The molecule has 0 saturated carbocycles. The summed E-state index contributed by atoms with van der Waals surface area (Å²) in [7, 11) is 1.60. The quantitative estimate of drug-likeness (QED) is 0.549. The number of hydrogen-bond donors (Lipinski definition) is 1. The van der Waals surface area contributed by atoms with E-state index in [1.54, 1.807) is 48.3 Å². The second-order valence-corrected chi connectivity index (χ2v) is 6.98. The summed E-state index contributed by atoms with van der Waals surface area (Å²) < 4.78 is 18.9. The van der Waals surface area contributed by atoms with Gasteiger partial charge in [-0.15, -0.1) is 0 Å². The van der Waals surface area contributed by atoms with Crippen LogP contribution in [0.5, 0.6) is 17.2 Å². The van der Waals surface area contributed by atoms with Crippen molar-refractivity contribution in [2.45, 2.75) is 12.6 Å². The molecule has 1 aliphatic rings. The highest BCUT2D eigenvalue weighted by Crippen LogP contribution is 2.34. The monoisotopic (exact) mass is 405 g/mol. The molecular weight excluding hydrogens is 386 g/mol. The lowest BCUT2D eigenvalue weighted by molar-refractivity contribution is 0.154. The van der Waals surface area contributed by atoms with Gasteiger partial charge in [-0.1, -0.05) is 18.2 Å². The van der Waals surface area contributed by atoms with Crippen LogP contribution in [0, 0.1) is 0 Å². The van der Waals surface area contributed by atoms with Crippen molar-refractivity contribution in [3.8, 4) is 28.5 Å². The van der Waals surface area contributed by atoms with E-state index >= 15 is 0 Å². The van der Waals surface area contributed by atoms with Gasteiger partial charge >= 0.3 is 0 Å². The van der Waals surface area contributed by atoms with E-state index in [1.165, 1.54) is 4.57 Å². The van der Waals surface area contributed by atoms with Crippen LogP contribution in [0.25, 0.3) is 16.8 Å². The third kappa shape index (κ3) is 3.17. The van der Waals surface area contributed by atoms with Crippen molar-refractivity contribution in [2.75, 3.05) is 13.9 Å². The molecule has 1 aliphatic heterocycles. The molecule has 2 aromatic carbocycles. The van der Waals surface area contributed by atoms with E-state index in [-0.39, 0.29) is 18.9 Å². The second kappa shape index (κ2) is 7.23. The first-order valence-electron chi connectivity index (χ1n) is 9.43. The van der Waals surface area contributed by atoms with Gasteiger partial charge in [-0.2, -0.15) is 5.10 Å². The molecule has 1 N–H and O–H groups in total. The van der Waals surface area contributed by atoms with Crippen LogP contribution in [0.15, 0.2) is 65.7 Å². The van der Waals surface area contributed by atoms with E-state index in [4.69, 9.17) is 14.2 Å². The van der Waals surface area contributed by atoms with Gasteiger partial charge in [-0.3, -0.25) is 4.79 Å². The summed E-state index contributed by atoms with van der Waals surface area (Å²) in [6, 6.07) is 14.5. The molecular formula is C22H19N3O5. The SMILES string of the molecule is COc1cccc(-c2cc3c(=O)n(CC(O)c4ccc5c(c4)OCO5)ccn3n2)c1. The molecule has 0 radical (unpaired) electrons. The smallest absolute Gasteiger partial charge is 0.276 e. The predicted molar refractivity (Wildman–Crippen MR) is 109 cm³/mol. The van der Waals surface area contributed by atoms with Crippen LogP contribution in [0.1, 0.15) is 11.7 Å². The fraction of sp³-hybridized carbons (Fsp3) is 0.182. The lowest BCUT2D eigenvalue weighted by Crippen LogP contribution is -2.24. The van der Waals surface area contributed by atoms with E-state index in [9.17, 15) is 9.90 Å². The van der Waals surface area contributed by atoms with Crippen molar-refractivity contribution in [3.63, 3.8) is 0 Å². The summed E-state index contributed by atoms with van der Waals surface area (Å²) in [5.41, 5.74) is 2.35. The summed E-state index contributed by atoms with van der Waals surface area (Å²) in [5.74, 6) is 1.95. The Morgan fingerprint density at radius 1 is 1.13 bits per heavy atom. The molecule has 5 rings (SSSR count). The molecule has 0 saturated heterocycles. The van der Waals surface area contributed by atoms with Crippen molar-refractivity contribution in [1.29, 1.82) is 0 Å². The van der Waals surface area contributed by atoms with Crippen LogP contribution in [0.2, 0.25) is 0 Å². The Bertz CT molecular complexity index is 1290. The minimum atomic E-state index is -0.875. The molecule has 1 atom stereocenters. The number of methoxy groups -OCH3 is 1. The summed E-state index contributed by atoms with van der Waals surface area (Å²) in [6.45, 7) is 0.274. The first kappa shape index (κ1) is 18.3. The Morgan fingerprint density at radius 2 is 2.00 bits per heavy atom. The zero-order valence-electron chi connectivity index (χ0n) is 16.2. The van der Waals surface area contributed by atoms with Crippen molar-refractivity contribution in [1.82, 2.24) is 14.2 Å². The van der Waals surface area contributed by atoms with E-state index in [1.807, 2.05) is 24.3 Å². The van der Waals surface area contributed by atoms with Gasteiger partial charge in [0.15, 0.2) is 11.5 Å². The minimum absolute atomic E-state index is 0.106. The highest BCUT2D eigenvalue weighted by atomic mass is 16.7. The summed E-state index contributed by atoms with van der Waals surface area (Å²) >= 11 is 0. The third-order valence-corrected chi connectivity index (χ3v) is 5.12. The Balaban J connectivity index is 1.45. The molecule has 0 aliphatic carbocycles. The maximum Gasteiger partial charge on any atom is 0.276 e. The van der Waals surface area contributed by atoms with E-state index in [2.05, 4.69) is 5.10 Å². The largest absolute Gasteiger partial charge is 0.497 e. The lowest BCUT2D eigenvalue weighted by atomic mass is 10.1. The fourth-order valence-corrected chi connectivity index (χ4v) is 3.51. The molecule has 8 nitrogen and oxygen atoms in total. The zero-order chi connectivity index (χ0) is 20.7. The van der Waals surface area contributed by atoms with Crippen molar-refractivity contribution in [3.05, 3.63) is 76.8 Å². The van der Waals surface area contributed by atoms with Crippen LogP contribution in [0.3, 0.4) is 0 Å². The Morgan fingerprint density at radius 3 is 2.87 bits per heavy atom. The molecule has 0 bridgehead atoms. The maximum atomic E-state index is 13.0. The fourth-order valence-electron chi connectivity index (χ4n) is 3.51. The molecule has 3 heterocycles. The molecule has 4 aromatic rings. The highest BCUT2D eigenvalue weighted by molar-refractivity contribution is 5.66. The Hall–Kier alpha value is -3.78. The first-order chi connectivity index (χ1) is 14.6. The Kier molecular flexibility index (Phi) is 4.40. The van der Waals surface area contributed by atoms with Gasteiger partial charge in [0, 0.05) is 18.0 Å². The van der Waals surface area contributed by atoms with Crippen LogP contribution in [0.4, 0.5) is 0 Å². The van der Waals surface area contributed by atoms with Gasteiger partial charge in [-0.25, -0.2) is 4.52 Å². The van der Waals surface area contributed by atoms with Gasteiger partial charge in [-0.05, 0) is 35.9 Å². The number of ether oxygens (including phenoxy) is 3. The van der Waals surface area contributed by atoms with E-state index in [0.717, 1.165) is 5.56 Å². The molecule has 8 heteroatoms. The second-order valence-electron chi connectivity index (χ2n) is 6.98. The predicted octanol–water partition coefficient (Wildman–Crippen LogP) is 2.63. The average Bonchev–Trinajstić information content (AvgIpc) is 3.42. The number of aliphatic hydroxyl groups excluding tert-OH is 1. The van der Waals surface area contributed by atoms with Crippen molar-refractivity contribution >= 4 is 5.52 Å². The van der Waals surface area contributed by atoms with Crippen molar-refractivity contribution in [2.24, 2.45) is 0 Å². The van der Waals surface area contributed by atoms with Crippen LogP contribution < -0.4 is 19.8 Å². The van der Waals surface area contributed by atoms with Crippen LogP contribution >= 0.6 is 0 Å². The molecule has 1 unspecified atom stereocenters. The molecule has 152 valence electrons. The molecule has 0 spiro atoms. The number of aliphatic hydroxyl groups is 1. The summed E-state index contributed by atoms with van der Waals surface area (Å²) in [6.07, 6.45) is 2.45. The highest BCUT2D eigenvalue weighted by Gasteiger charge is 2.18. The molecule has 30 heavy (non-hydrogen) atoms. The van der Waals surface area contributed by atoms with E-state index in [0.29, 0.717) is 34.0 Å². The minimum Gasteiger partial charge on any atom is -0.497 e. The van der Waals surface area contributed by atoms with Gasteiger partial charge in [0.1, 0.15) is 11.3 Å². The van der Waals surface area contributed by atoms with Gasteiger partial charge < -0.3 is 23.9 Å². The summed E-state index contributed by atoms with van der Waals surface area (Å²) in [4.78, 5) is 13.0. The average molecular weight is 405 g/mol. The number of nitrogens with zero attached hydrogens (tertiary/aromatic N) is 3. The molecule has 0 fully saturated rings. The van der Waals surface area contributed by atoms with Gasteiger partial charge in [0.05, 0.1) is 25.5 Å². The van der Waals surface area contributed by atoms with Crippen LogP contribution in [-0.2, 0) is 6.54 Å². The third-order valence-electron chi connectivity index (χ3n) is 5.12. The molecule has 0 amide bonds.